The molecule has 2 saturated heterocycles. The molecule has 1 unspecified atom stereocenters. The monoisotopic (exact) mass is 358 g/mol. The van der Waals surface area contributed by atoms with Crippen LogP contribution in [0.4, 0.5) is 4.39 Å². The molecule has 0 aromatic carbocycles. The number of nitrogens with one attached hydrogen (secondary N) is 1. The Hall–Kier alpha value is -1.55. The molecule has 2 fully saturated rings. The zero-order valence-corrected chi connectivity index (χ0v) is 14.2. The maximum atomic E-state index is 13.6. The van der Waals surface area contributed by atoms with Gasteiger partial charge in [-0.1, -0.05) is 26.7 Å². The van der Waals surface area contributed by atoms with Gasteiger partial charge in [-0.15, -0.1) is 0 Å². The molecule has 0 radical (unpaired) electrons. The van der Waals surface area contributed by atoms with Gasteiger partial charge in [0.2, 0.25) is 5.82 Å². The van der Waals surface area contributed by atoms with E-state index in [0.717, 1.165) is 23.6 Å². The number of H-pyrrole nitrogens is 1. The number of aromatic nitrogens is 2. The van der Waals surface area contributed by atoms with Crippen molar-refractivity contribution < 1.29 is 23.7 Å². The predicted octanol–water partition coefficient (Wildman–Crippen LogP) is 0.646. The molecule has 0 saturated carbocycles. The maximum Gasteiger partial charge on any atom is 0.330 e. The van der Waals surface area contributed by atoms with Crippen LogP contribution in [0.15, 0.2) is 15.8 Å². The molecule has 1 aromatic rings. The minimum absolute atomic E-state index is 0.323. The number of nitrogens with zero attached hydrogens (tertiary/aromatic N) is 1. The number of aromatic amines is 1. The van der Waals surface area contributed by atoms with E-state index in [1.165, 1.54) is 0 Å². The Kier molecular flexibility index (Phi) is 5.10. The summed E-state index contributed by atoms with van der Waals surface area (Å²) in [5.74, 6) is -1.90. The van der Waals surface area contributed by atoms with E-state index < -0.39 is 47.4 Å². The first kappa shape index (κ1) is 18.2. The van der Waals surface area contributed by atoms with E-state index in [2.05, 4.69) is 0 Å². The number of aliphatic hydroxyl groups is 1. The molecule has 3 rings (SSSR count). The van der Waals surface area contributed by atoms with Crippen LogP contribution in [0.3, 0.4) is 0 Å². The summed E-state index contributed by atoms with van der Waals surface area (Å²) in [6, 6.07) is 0. The molecule has 25 heavy (non-hydrogen) atoms. The lowest BCUT2D eigenvalue weighted by Crippen LogP contribution is -2.39. The lowest BCUT2D eigenvalue weighted by molar-refractivity contribution is -0.227. The Morgan fingerprint density at radius 1 is 1.24 bits per heavy atom. The third-order valence-electron chi connectivity index (χ3n) is 4.63. The Balaban J connectivity index is 1.96. The highest BCUT2D eigenvalue weighted by Gasteiger charge is 2.58. The fourth-order valence-electron chi connectivity index (χ4n) is 3.64. The Morgan fingerprint density at radius 2 is 1.88 bits per heavy atom. The summed E-state index contributed by atoms with van der Waals surface area (Å²) in [7, 11) is 0. The minimum Gasteiger partial charge on any atom is -0.394 e. The molecule has 0 bridgehead atoms. The average Bonchev–Trinajstić information content (AvgIpc) is 3.07. The number of hydrogen-bond acceptors (Lipinski definition) is 6. The molecular formula is C16H23FN2O6. The van der Waals surface area contributed by atoms with E-state index >= 15 is 0 Å². The van der Waals surface area contributed by atoms with E-state index in [-0.39, 0.29) is 6.61 Å². The number of fused-ring (bicyclic) bond motifs is 1. The summed E-state index contributed by atoms with van der Waals surface area (Å²) in [6.07, 6.45) is 0.842. The molecule has 3 heterocycles. The molecule has 9 heteroatoms. The second-order valence-electron chi connectivity index (χ2n) is 6.47. The highest BCUT2D eigenvalue weighted by molar-refractivity contribution is 5.00. The Morgan fingerprint density at radius 3 is 2.48 bits per heavy atom. The van der Waals surface area contributed by atoms with Gasteiger partial charge in [0.05, 0.1) is 12.8 Å². The van der Waals surface area contributed by atoms with Crippen LogP contribution in [0.1, 0.15) is 45.8 Å². The lowest BCUT2D eigenvalue weighted by Gasteiger charge is -2.30. The van der Waals surface area contributed by atoms with Crippen molar-refractivity contribution >= 4 is 0 Å². The van der Waals surface area contributed by atoms with Crippen molar-refractivity contribution in [1.29, 1.82) is 0 Å². The van der Waals surface area contributed by atoms with Gasteiger partial charge in [-0.3, -0.25) is 14.3 Å². The van der Waals surface area contributed by atoms with Crippen molar-refractivity contribution in [1.82, 2.24) is 9.55 Å². The molecule has 0 spiro atoms. The van der Waals surface area contributed by atoms with Crippen LogP contribution in [-0.2, 0) is 14.2 Å². The van der Waals surface area contributed by atoms with Gasteiger partial charge in [-0.25, -0.2) is 4.79 Å². The van der Waals surface area contributed by atoms with Crippen LogP contribution in [0.5, 0.6) is 0 Å². The van der Waals surface area contributed by atoms with Crippen LogP contribution < -0.4 is 11.2 Å². The normalized spacial score (nSPS) is 30.6. The number of rotatable bonds is 6. The van der Waals surface area contributed by atoms with E-state index in [0.29, 0.717) is 12.8 Å². The number of aliphatic hydroxyl groups excluding tert-OH is 1. The van der Waals surface area contributed by atoms with Gasteiger partial charge in [0.1, 0.15) is 18.3 Å². The fraction of sp³-hybridized carbons (Fsp3) is 0.750. The number of ether oxygens (including phenoxy) is 3. The molecule has 2 aliphatic rings. The zero-order chi connectivity index (χ0) is 18.2. The first-order valence-electron chi connectivity index (χ1n) is 8.57. The zero-order valence-electron chi connectivity index (χ0n) is 14.2. The van der Waals surface area contributed by atoms with Gasteiger partial charge in [-0.05, 0) is 0 Å². The van der Waals surface area contributed by atoms with Gasteiger partial charge >= 0.3 is 5.69 Å². The second kappa shape index (κ2) is 6.99. The predicted molar refractivity (Wildman–Crippen MR) is 84.6 cm³/mol. The molecule has 0 amide bonds. The molecular weight excluding hydrogens is 335 g/mol. The van der Waals surface area contributed by atoms with E-state index in [1.807, 2.05) is 18.8 Å². The summed E-state index contributed by atoms with van der Waals surface area (Å²) < 4.78 is 32.5. The van der Waals surface area contributed by atoms with Crippen molar-refractivity contribution in [3.8, 4) is 0 Å². The maximum absolute atomic E-state index is 13.6. The molecule has 2 aliphatic heterocycles. The third-order valence-corrected chi connectivity index (χ3v) is 4.63. The first-order chi connectivity index (χ1) is 11.9. The van der Waals surface area contributed by atoms with Crippen molar-refractivity contribution in [3.63, 3.8) is 0 Å². The largest absolute Gasteiger partial charge is 0.394 e. The SMILES string of the molecule is CCCC1(CCC)OC2[C@@H](CO)O[C@@H](n3cc(F)c(=O)[nH]c3=O)[C@H]2O1. The third kappa shape index (κ3) is 3.17. The second-order valence-corrected chi connectivity index (χ2v) is 6.47. The van der Waals surface area contributed by atoms with E-state index in [9.17, 15) is 19.1 Å². The summed E-state index contributed by atoms with van der Waals surface area (Å²) in [5, 5.41) is 9.60. The molecule has 8 nitrogen and oxygen atoms in total. The van der Waals surface area contributed by atoms with Gasteiger partial charge < -0.3 is 19.3 Å². The van der Waals surface area contributed by atoms with Crippen LogP contribution >= 0.6 is 0 Å². The smallest absolute Gasteiger partial charge is 0.330 e. The van der Waals surface area contributed by atoms with Crippen LogP contribution in [-0.4, -0.2) is 45.4 Å². The molecule has 1 aromatic heterocycles. The standard InChI is InChI=1S/C16H23FN2O6/c1-3-5-16(6-4-2)24-11-10(8-20)23-14(12(11)25-16)19-7-9(17)13(21)18-15(19)22/h7,10-12,14,20H,3-6,8H2,1-2H3,(H,18,21,22)/t10-,11?,12+,14-/m1/s1. The van der Waals surface area contributed by atoms with Crippen molar-refractivity contribution in [2.24, 2.45) is 0 Å². The van der Waals surface area contributed by atoms with Crippen LogP contribution in [0.2, 0.25) is 0 Å². The molecule has 2 N–H and O–H groups in total. The van der Waals surface area contributed by atoms with Crippen molar-refractivity contribution in [2.75, 3.05) is 6.61 Å². The first-order valence-corrected chi connectivity index (χ1v) is 8.57. The topological polar surface area (TPSA) is 103 Å². The summed E-state index contributed by atoms with van der Waals surface area (Å²) >= 11 is 0. The summed E-state index contributed by atoms with van der Waals surface area (Å²) in [4.78, 5) is 25.2. The lowest BCUT2D eigenvalue weighted by atomic mass is 10.1. The van der Waals surface area contributed by atoms with Crippen molar-refractivity contribution in [2.45, 2.75) is 69.9 Å². The van der Waals surface area contributed by atoms with E-state index in [1.54, 1.807) is 0 Å². The van der Waals surface area contributed by atoms with Crippen LogP contribution in [0, 0.1) is 5.82 Å². The quantitative estimate of drug-likeness (QED) is 0.774. The van der Waals surface area contributed by atoms with Crippen molar-refractivity contribution in [3.05, 3.63) is 32.9 Å². The Bertz CT molecular complexity index is 726. The molecule has 4 atom stereocenters. The molecule has 0 aliphatic carbocycles. The van der Waals surface area contributed by atoms with Gasteiger partial charge in [0.25, 0.3) is 5.56 Å². The van der Waals surface area contributed by atoms with Gasteiger partial charge in [-0.2, -0.15) is 4.39 Å². The molecule has 140 valence electrons. The van der Waals surface area contributed by atoms with Gasteiger partial charge in [0, 0.05) is 12.8 Å². The summed E-state index contributed by atoms with van der Waals surface area (Å²) in [6.45, 7) is 3.70. The van der Waals surface area contributed by atoms with Crippen LogP contribution in [0.25, 0.3) is 0 Å². The fourth-order valence-corrected chi connectivity index (χ4v) is 3.64. The minimum atomic E-state index is -1.10. The number of halogens is 1. The average molecular weight is 358 g/mol. The highest BCUT2D eigenvalue weighted by Crippen LogP contribution is 2.46. The number of hydrogen-bond donors (Lipinski definition) is 2. The van der Waals surface area contributed by atoms with Gasteiger partial charge in [0.15, 0.2) is 12.0 Å². The highest BCUT2D eigenvalue weighted by atomic mass is 19.1. The summed E-state index contributed by atoms with van der Waals surface area (Å²) in [5.41, 5.74) is -1.90. The van der Waals surface area contributed by atoms with E-state index in [4.69, 9.17) is 14.2 Å². The Labute approximate surface area is 143 Å².